The fraction of sp³-hybridized carbons (Fsp3) is 0.545. The molecule has 1 fully saturated rings. The third-order valence-electron chi connectivity index (χ3n) is 5.17. The normalized spacial score (nSPS) is 16.1. The first-order chi connectivity index (χ1) is 14.1. The molecule has 1 aliphatic rings. The van der Waals surface area contributed by atoms with Crippen molar-refractivity contribution in [3.8, 4) is 0 Å². The van der Waals surface area contributed by atoms with Crippen LogP contribution in [0.15, 0.2) is 29.3 Å². The molecule has 6 nitrogen and oxygen atoms in total. The van der Waals surface area contributed by atoms with Gasteiger partial charge < -0.3 is 15.4 Å². The molecule has 1 aliphatic heterocycles. The molecule has 0 saturated carbocycles. The average Bonchev–Trinajstić information content (AvgIpc) is 3.04. The van der Waals surface area contributed by atoms with Crippen molar-refractivity contribution in [1.29, 1.82) is 0 Å². The smallest absolute Gasteiger partial charge is 0.191 e. The van der Waals surface area contributed by atoms with E-state index in [1.165, 1.54) is 16.0 Å². The third-order valence-corrected chi connectivity index (χ3v) is 6.22. The van der Waals surface area contributed by atoms with Gasteiger partial charge in [0.25, 0.3) is 0 Å². The number of thiazole rings is 1. The molecule has 1 atom stereocenters. The molecule has 0 spiro atoms. The highest BCUT2D eigenvalue weighted by atomic mass is 127. The molecular formula is C22H34IN5OS. The van der Waals surface area contributed by atoms with E-state index in [0.29, 0.717) is 6.54 Å². The molecule has 0 radical (unpaired) electrons. The van der Waals surface area contributed by atoms with Gasteiger partial charge in [-0.3, -0.25) is 4.90 Å². The predicted molar refractivity (Wildman–Crippen MR) is 136 cm³/mol. The van der Waals surface area contributed by atoms with E-state index in [1.54, 1.807) is 11.3 Å². The van der Waals surface area contributed by atoms with E-state index in [-0.39, 0.29) is 30.0 Å². The molecule has 0 bridgehead atoms. The van der Waals surface area contributed by atoms with E-state index in [0.717, 1.165) is 56.1 Å². The highest BCUT2D eigenvalue weighted by Crippen LogP contribution is 2.22. The molecule has 2 aromatic rings. The minimum absolute atomic E-state index is 0. The lowest BCUT2D eigenvalue weighted by molar-refractivity contribution is 0.0170. The maximum atomic E-state index is 5.57. The minimum atomic E-state index is 0. The lowest BCUT2D eigenvalue weighted by atomic mass is 10.0. The second-order valence-electron chi connectivity index (χ2n) is 7.40. The summed E-state index contributed by atoms with van der Waals surface area (Å²) < 4.78 is 5.57. The van der Waals surface area contributed by atoms with Gasteiger partial charge in [-0.25, -0.2) is 9.98 Å². The number of hydrogen-bond acceptors (Lipinski definition) is 5. The Balaban J connectivity index is 0.00000320. The highest BCUT2D eigenvalue weighted by Gasteiger charge is 2.23. The van der Waals surface area contributed by atoms with Gasteiger partial charge >= 0.3 is 0 Å². The van der Waals surface area contributed by atoms with E-state index in [1.807, 2.05) is 0 Å². The van der Waals surface area contributed by atoms with Crippen LogP contribution in [-0.4, -0.2) is 55.2 Å². The largest absolute Gasteiger partial charge is 0.379 e. The lowest BCUT2D eigenvalue weighted by Crippen LogP contribution is -2.46. The van der Waals surface area contributed by atoms with Crippen LogP contribution >= 0.6 is 35.3 Å². The summed E-state index contributed by atoms with van der Waals surface area (Å²) in [7, 11) is 0. The van der Waals surface area contributed by atoms with Gasteiger partial charge in [0.2, 0.25) is 0 Å². The Kier molecular flexibility index (Phi) is 10.5. The lowest BCUT2D eigenvalue weighted by Gasteiger charge is -2.35. The topological polar surface area (TPSA) is 61.8 Å². The Labute approximate surface area is 201 Å². The van der Waals surface area contributed by atoms with Crippen LogP contribution in [0.4, 0.5) is 0 Å². The van der Waals surface area contributed by atoms with Crippen LogP contribution in [0.1, 0.15) is 39.7 Å². The Morgan fingerprint density at radius 1 is 1.23 bits per heavy atom. The summed E-state index contributed by atoms with van der Waals surface area (Å²) >= 11 is 1.72. The van der Waals surface area contributed by atoms with Gasteiger partial charge in [-0.15, -0.1) is 35.3 Å². The molecule has 3 rings (SSSR count). The first-order valence-electron chi connectivity index (χ1n) is 10.4. The van der Waals surface area contributed by atoms with Crippen molar-refractivity contribution in [2.45, 2.75) is 40.3 Å². The van der Waals surface area contributed by atoms with Crippen LogP contribution in [-0.2, 0) is 11.3 Å². The Bertz CT molecular complexity index is 800. The van der Waals surface area contributed by atoms with Crippen molar-refractivity contribution in [2.24, 2.45) is 4.99 Å². The predicted octanol–water partition coefficient (Wildman–Crippen LogP) is 3.81. The minimum Gasteiger partial charge on any atom is -0.379 e. The van der Waals surface area contributed by atoms with Crippen LogP contribution in [0, 0.1) is 20.8 Å². The summed E-state index contributed by atoms with van der Waals surface area (Å²) in [5, 5.41) is 7.99. The van der Waals surface area contributed by atoms with Crippen LogP contribution in [0.2, 0.25) is 0 Å². The van der Waals surface area contributed by atoms with E-state index in [4.69, 9.17) is 9.73 Å². The number of hydrogen-bond donors (Lipinski definition) is 2. The first-order valence-corrected chi connectivity index (χ1v) is 11.2. The van der Waals surface area contributed by atoms with Crippen LogP contribution in [0.5, 0.6) is 0 Å². The Morgan fingerprint density at radius 3 is 2.63 bits per heavy atom. The van der Waals surface area contributed by atoms with Crippen LogP contribution in [0.25, 0.3) is 0 Å². The molecule has 0 aliphatic carbocycles. The zero-order valence-corrected chi connectivity index (χ0v) is 21.5. The number of benzene rings is 1. The summed E-state index contributed by atoms with van der Waals surface area (Å²) in [5.41, 5.74) is 3.72. The van der Waals surface area contributed by atoms with Gasteiger partial charge in [0.1, 0.15) is 5.01 Å². The van der Waals surface area contributed by atoms with E-state index in [9.17, 15) is 0 Å². The summed E-state index contributed by atoms with van der Waals surface area (Å²) in [6.45, 7) is 14.1. The van der Waals surface area contributed by atoms with Crippen molar-refractivity contribution in [3.63, 3.8) is 0 Å². The van der Waals surface area contributed by atoms with Gasteiger partial charge in [0.15, 0.2) is 5.96 Å². The van der Waals surface area contributed by atoms with Crippen LogP contribution < -0.4 is 10.6 Å². The molecule has 0 amide bonds. The van der Waals surface area contributed by atoms with E-state index >= 15 is 0 Å². The maximum Gasteiger partial charge on any atom is 0.191 e. The quantitative estimate of drug-likeness (QED) is 0.316. The van der Waals surface area contributed by atoms with Gasteiger partial charge in [-0.2, -0.15) is 0 Å². The fourth-order valence-electron chi connectivity index (χ4n) is 3.51. The van der Waals surface area contributed by atoms with Gasteiger partial charge in [-0.1, -0.05) is 29.8 Å². The molecule has 1 aromatic heterocycles. The fourth-order valence-corrected chi connectivity index (χ4v) is 4.37. The molecule has 1 aromatic carbocycles. The number of aromatic nitrogens is 1. The van der Waals surface area contributed by atoms with Crippen molar-refractivity contribution < 1.29 is 4.74 Å². The van der Waals surface area contributed by atoms with Crippen molar-refractivity contribution in [2.75, 3.05) is 39.4 Å². The number of guanidine groups is 1. The average molecular weight is 544 g/mol. The first kappa shape index (κ1) is 25.0. The molecule has 8 heteroatoms. The molecular weight excluding hydrogens is 509 g/mol. The molecule has 2 heterocycles. The van der Waals surface area contributed by atoms with Crippen molar-refractivity contribution >= 4 is 41.3 Å². The SMILES string of the molecule is CCNC(=NCc1nc(C)c(C)s1)NCC(c1cccc(C)c1)N1CCOCC1.I. The van der Waals surface area contributed by atoms with Crippen molar-refractivity contribution in [3.05, 3.63) is 51.0 Å². The molecule has 166 valence electrons. The number of aliphatic imine (C=N–C) groups is 1. The zero-order valence-electron chi connectivity index (χ0n) is 18.4. The van der Waals surface area contributed by atoms with Crippen LogP contribution in [0.3, 0.4) is 0 Å². The molecule has 30 heavy (non-hydrogen) atoms. The third kappa shape index (κ3) is 7.18. The number of nitrogens with one attached hydrogen (secondary N) is 2. The number of aryl methyl sites for hydroxylation is 3. The zero-order chi connectivity index (χ0) is 20.6. The molecule has 1 saturated heterocycles. The Morgan fingerprint density at radius 2 is 2.00 bits per heavy atom. The summed E-state index contributed by atoms with van der Waals surface area (Å²) in [4.78, 5) is 13.1. The maximum absolute atomic E-state index is 5.57. The number of halogens is 1. The monoisotopic (exact) mass is 543 g/mol. The summed E-state index contributed by atoms with van der Waals surface area (Å²) in [6, 6.07) is 9.08. The van der Waals surface area contributed by atoms with Gasteiger partial charge in [-0.05, 0) is 33.3 Å². The highest BCUT2D eigenvalue weighted by molar-refractivity contribution is 14.0. The number of nitrogens with zero attached hydrogens (tertiary/aromatic N) is 3. The molecule has 2 N–H and O–H groups in total. The number of morpholine rings is 1. The second kappa shape index (κ2) is 12.6. The second-order valence-corrected chi connectivity index (χ2v) is 8.69. The molecule has 1 unspecified atom stereocenters. The van der Waals surface area contributed by atoms with Gasteiger partial charge in [0.05, 0.1) is 31.5 Å². The Hall–Kier alpha value is -1.23. The van der Waals surface area contributed by atoms with E-state index < -0.39 is 0 Å². The summed E-state index contributed by atoms with van der Waals surface area (Å²) in [5.74, 6) is 0.837. The summed E-state index contributed by atoms with van der Waals surface area (Å²) in [6.07, 6.45) is 0. The number of ether oxygens (including phenoxy) is 1. The number of rotatable bonds is 7. The van der Waals surface area contributed by atoms with Gasteiger partial charge in [0, 0.05) is 31.1 Å². The standard InChI is InChI=1S/C22H33N5OS.HI/c1-5-23-22(25-15-21-26-17(3)18(4)29-21)24-14-20(27-9-11-28-12-10-27)19-8-6-7-16(2)13-19;/h6-8,13,20H,5,9-12,14-15H2,1-4H3,(H2,23,24,25);1H. The van der Waals surface area contributed by atoms with Crippen molar-refractivity contribution in [1.82, 2.24) is 20.5 Å². The van der Waals surface area contributed by atoms with E-state index in [2.05, 4.69) is 72.5 Å².